The first-order chi connectivity index (χ1) is 11.9. The van der Waals surface area contributed by atoms with Crippen molar-refractivity contribution in [3.8, 4) is 0 Å². The predicted octanol–water partition coefficient (Wildman–Crippen LogP) is 2.37. The van der Waals surface area contributed by atoms with Crippen LogP contribution in [0.5, 0.6) is 0 Å². The van der Waals surface area contributed by atoms with Crippen molar-refractivity contribution >= 4 is 10.0 Å². The number of hydroxylamine groups is 2. The van der Waals surface area contributed by atoms with Gasteiger partial charge in [-0.3, -0.25) is 4.84 Å². The number of hydrogen-bond acceptors (Lipinski definition) is 4. The second-order valence-corrected chi connectivity index (χ2v) is 7.82. The molecule has 1 fully saturated rings. The molecule has 134 valence electrons. The molecule has 5 nitrogen and oxygen atoms in total. The van der Waals surface area contributed by atoms with Gasteiger partial charge in [0, 0.05) is 19.2 Å². The second kappa shape index (κ2) is 7.17. The molecule has 1 heterocycles. The van der Waals surface area contributed by atoms with E-state index in [1.807, 2.05) is 0 Å². The molecule has 25 heavy (non-hydrogen) atoms. The van der Waals surface area contributed by atoms with Crippen molar-refractivity contribution in [2.75, 3.05) is 13.7 Å². The number of hydrogen-bond donors (Lipinski definition) is 1. The van der Waals surface area contributed by atoms with Crippen molar-refractivity contribution in [3.05, 3.63) is 71.3 Å². The molecule has 0 aliphatic carbocycles. The maximum Gasteiger partial charge on any atom is 0.219 e. The molecule has 0 bridgehead atoms. The summed E-state index contributed by atoms with van der Waals surface area (Å²) in [4.78, 5) is 5.34. The number of nitrogens with zero attached hydrogens (tertiary/aromatic N) is 1. The molecular formula is C17H18F2N2O3S. The minimum atomic E-state index is -3.79. The number of sulfonamides is 1. The van der Waals surface area contributed by atoms with Gasteiger partial charge in [0.05, 0.1) is 12.6 Å². The van der Waals surface area contributed by atoms with Crippen molar-refractivity contribution in [1.82, 2.24) is 9.79 Å². The van der Waals surface area contributed by atoms with E-state index in [2.05, 4.69) is 4.72 Å². The summed E-state index contributed by atoms with van der Waals surface area (Å²) in [6.07, 6.45) is 0. The molecule has 0 radical (unpaired) electrons. The van der Waals surface area contributed by atoms with Gasteiger partial charge in [-0.15, -0.1) is 0 Å². The average molecular weight is 368 g/mol. The molecule has 0 amide bonds. The van der Waals surface area contributed by atoms with Gasteiger partial charge in [-0.25, -0.2) is 21.9 Å². The standard InChI is InChI=1S/C17H18F2N2O3S/c1-21-17(14-4-2-3-5-15(14)19)16(11-24-21)25(22,23)20-10-12-6-8-13(18)9-7-12/h2-9,16-17,20H,10-11H2,1H3. The molecule has 1 N–H and O–H groups in total. The van der Waals surface area contributed by atoms with E-state index in [9.17, 15) is 17.2 Å². The molecule has 2 aromatic carbocycles. The van der Waals surface area contributed by atoms with Gasteiger partial charge in [0.1, 0.15) is 16.9 Å². The van der Waals surface area contributed by atoms with Gasteiger partial charge in [-0.1, -0.05) is 30.3 Å². The zero-order valence-corrected chi connectivity index (χ0v) is 14.3. The highest BCUT2D eigenvalue weighted by molar-refractivity contribution is 7.90. The number of nitrogens with one attached hydrogen (secondary N) is 1. The molecule has 1 aliphatic rings. The summed E-state index contributed by atoms with van der Waals surface area (Å²) in [5, 5.41) is 0.398. The van der Waals surface area contributed by atoms with Gasteiger partial charge in [0.25, 0.3) is 0 Å². The fraction of sp³-hybridized carbons (Fsp3) is 0.294. The van der Waals surface area contributed by atoms with Gasteiger partial charge < -0.3 is 0 Å². The largest absolute Gasteiger partial charge is 0.297 e. The van der Waals surface area contributed by atoms with Crippen LogP contribution in [0.1, 0.15) is 17.2 Å². The van der Waals surface area contributed by atoms with E-state index in [0.717, 1.165) is 0 Å². The van der Waals surface area contributed by atoms with Gasteiger partial charge in [0.15, 0.2) is 0 Å². The molecule has 2 aromatic rings. The molecule has 3 rings (SSSR count). The molecule has 2 atom stereocenters. The quantitative estimate of drug-likeness (QED) is 0.880. The fourth-order valence-electron chi connectivity index (χ4n) is 2.86. The lowest BCUT2D eigenvalue weighted by atomic mass is 10.0. The van der Waals surface area contributed by atoms with Crippen molar-refractivity contribution in [2.24, 2.45) is 0 Å². The third-order valence-electron chi connectivity index (χ3n) is 4.20. The summed E-state index contributed by atoms with van der Waals surface area (Å²) in [5.74, 6) is -0.874. The van der Waals surface area contributed by atoms with Crippen LogP contribution in [0.4, 0.5) is 8.78 Å². The highest BCUT2D eigenvalue weighted by Crippen LogP contribution is 2.34. The summed E-state index contributed by atoms with van der Waals surface area (Å²) in [6, 6.07) is 10.8. The minimum absolute atomic E-state index is 0.0207. The van der Waals surface area contributed by atoms with Gasteiger partial charge in [0.2, 0.25) is 10.0 Å². The van der Waals surface area contributed by atoms with E-state index in [0.29, 0.717) is 5.56 Å². The van der Waals surface area contributed by atoms with Crippen molar-refractivity contribution in [2.45, 2.75) is 17.8 Å². The van der Waals surface area contributed by atoms with Crippen LogP contribution in [0.25, 0.3) is 0 Å². The lowest BCUT2D eigenvalue weighted by molar-refractivity contribution is -0.111. The van der Waals surface area contributed by atoms with Crippen LogP contribution in [0.3, 0.4) is 0 Å². The first-order valence-electron chi connectivity index (χ1n) is 7.71. The molecular weight excluding hydrogens is 350 g/mol. The average Bonchev–Trinajstić information content (AvgIpc) is 2.97. The van der Waals surface area contributed by atoms with Gasteiger partial charge >= 0.3 is 0 Å². The SMILES string of the molecule is CN1OCC(S(=O)(=O)NCc2ccc(F)cc2)C1c1ccccc1F. The Labute approximate surface area is 145 Å². The minimum Gasteiger partial charge on any atom is -0.297 e. The lowest BCUT2D eigenvalue weighted by Gasteiger charge is -2.23. The highest BCUT2D eigenvalue weighted by Gasteiger charge is 2.44. The predicted molar refractivity (Wildman–Crippen MR) is 88.8 cm³/mol. The summed E-state index contributed by atoms with van der Waals surface area (Å²) in [5.41, 5.74) is 0.888. The van der Waals surface area contributed by atoms with E-state index in [1.165, 1.54) is 35.4 Å². The lowest BCUT2D eigenvalue weighted by Crippen LogP contribution is -2.39. The molecule has 1 aliphatic heterocycles. The van der Waals surface area contributed by atoms with Crippen LogP contribution >= 0.6 is 0 Å². The normalized spacial score (nSPS) is 21.6. The molecule has 8 heteroatoms. The van der Waals surface area contributed by atoms with Crippen LogP contribution in [0, 0.1) is 11.6 Å². The summed E-state index contributed by atoms with van der Waals surface area (Å²) >= 11 is 0. The Kier molecular flexibility index (Phi) is 5.14. The number of halogens is 2. The van der Waals surface area contributed by atoms with Crippen molar-refractivity contribution < 1.29 is 22.0 Å². The van der Waals surface area contributed by atoms with Crippen LogP contribution in [0.2, 0.25) is 0 Å². The smallest absolute Gasteiger partial charge is 0.219 e. The van der Waals surface area contributed by atoms with E-state index in [4.69, 9.17) is 4.84 Å². The molecule has 1 saturated heterocycles. The van der Waals surface area contributed by atoms with Crippen molar-refractivity contribution in [1.29, 1.82) is 0 Å². The Balaban J connectivity index is 1.80. The Bertz CT molecular complexity index is 843. The van der Waals surface area contributed by atoms with Gasteiger partial charge in [-0.2, -0.15) is 5.06 Å². The van der Waals surface area contributed by atoms with Crippen LogP contribution in [-0.4, -0.2) is 32.4 Å². The Hall–Kier alpha value is -1.87. The van der Waals surface area contributed by atoms with Gasteiger partial charge in [-0.05, 0) is 23.8 Å². The first-order valence-corrected chi connectivity index (χ1v) is 9.26. The third-order valence-corrected chi connectivity index (χ3v) is 5.94. The molecule has 0 aromatic heterocycles. The zero-order chi connectivity index (χ0) is 18.0. The van der Waals surface area contributed by atoms with Crippen LogP contribution in [0.15, 0.2) is 48.5 Å². The highest BCUT2D eigenvalue weighted by atomic mass is 32.2. The number of rotatable bonds is 5. The number of benzene rings is 2. The Morgan fingerprint density at radius 1 is 1.16 bits per heavy atom. The van der Waals surface area contributed by atoms with Crippen LogP contribution < -0.4 is 4.72 Å². The topological polar surface area (TPSA) is 58.6 Å². The van der Waals surface area contributed by atoms with E-state index >= 15 is 0 Å². The summed E-state index contributed by atoms with van der Waals surface area (Å²) < 4.78 is 55.0. The zero-order valence-electron chi connectivity index (χ0n) is 13.5. The molecule has 0 spiro atoms. The monoisotopic (exact) mass is 368 g/mol. The third kappa shape index (κ3) is 3.87. The van der Waals surface area contributed by atoms with Crippen molar-refractivity contribution in [3.63, 3.8) is 0 Å². The summed E-state index contributed by atoms with van der Waals surface area (Å²) in [6.45, 7) is -0.0545. The first kappa shape index (κ1) is 17.9. The Morgan fingerprint density at radius 3 is 2.52 bits per heavy atom. The molecule has 2 unspecified atom stereocenters. The van der Waals surface area contributed by atoms with Crippen LogP contribution in [-0.2, 0) is 21.4 Å². The fourth-order valence-corrected chi connectivity index (χ4v) is 4.34. The Morgan fingerprint density at radius 2 is 1.84 bits per heavy atom. The van der Waals surface area contributed by atoms with E-state index in [-0.39, 0.29) is 18.7 Å². The summed E-state index contributed by atoms with van der Waals surface area (Å²) in [7, 11) is -2.22. The van der Waals surface area contributed by atoms with E-state index in [1.54, 1.807) is 25.2 Å². The molecule has 0 saturated carbocycles. The second-order valence-electron chi connectivity index (χ2n) is 5.84. The maximum atomic E-state index is 14.1. The maximum absolute atomic E-state index is 14.1. The van der Waals surface area contributed by atoms with E-state index < -0.39 is 32.9 Å².